The highest BCUT2D eigenvalue weighted by Crippen LogP contribution is 2.35. The molecule has 2 atom stereocenters. The second-order valence-electron chi connectivity index (χ2n) is 4.71. The number of amides is 1. The van der Waals surface area contributed by atoms with Crippen molar-refractivity contribution in [2.24, 2.45) is 5.73 Å². The summed E-state index contributed by atoms with van der Waals surface area (Å²) in [6.07, 6.45) is 5.41. The third kappa shape index (κ3) is 1.43. The Balaban J connectivity index is 1.84. The maximum absolute atomic E-state index is 12.2. The van der Waals surface area contributed by atoms with E-state index in [0.29, 0.717) is 17.8 Å². The Kier molecular flexibility index (Phi) is 2.21. The summed E-state index contributed by atoms with van der Waals surface area (Å²) >= 11 is 0. The van der Waals surface area contributed by atoms with Crippen molar-refractivity contribution in [2.45, 2.75) is 43.8 Å². The molecular formula is C11H15N3O2. The molecule has 2 bridgehead atoms. The molecule has 1 amide bonds. The van der Waals surface area contributed by atoms with Gasteiger partial charge in [0.1, 0.15) is 6.26 Å². The zero-order chi connectivity index (χ0) is 11.1. The van der Waals surface area contributed by atoms with Gasteiger partial charge in [0.05, 0.1) is 0 Å². The predicted molar refractivity (Wildman–Crippen MR) is 56.7 cm³/mol. The molecule has 5 heteroatoms. The molecule has 0 aliphatic carbocycles. The van der Waals surface area contributed by atoms with E-state index in [1.54, 1.807) is 6.07 Å². The van der Waals surface area contributed by atoms with Crippen LogP contribution in [0.15, 0.2) is 16.9 Å². The maximum atomic E-state index is 12.2. The van der Waals surface area contributed by atoms with Crippen LogP contribution in [0, 0.1) is 0 Å². The fraction of sp³-hybridized carbons (Fsp3) is 0.636. The number of carbonyl (C=O) groups excluding carboxylic acids is 1. The van der Waals surface area contributed by atoms with Crippen molar-refractivity contribution < 1.29 is 9.32 Å². The molecule has 3 heterocycles. The molecule has 0 saturated carbocycles. The Labute approximate surface area is 93.6 Å². The molecule has 3 rings (SSSR count). The summed E-state index contributed by atoms with van der Waals surface area (Å²) in [6, 6.07) is 2.48. The van der Waals surface area contributed by atoms with Gasteiger partial charge in [-0.1, -0.05) is 5.16 Å². The molecule has 1 aromatic heterocycles. The van der Waals surface area contributed by atoms with Gasteiger partial charge in [0.25, 0.3) is 5.91 Å². The number of hydrogen-bond donors (Lipinski definition) is 1. The lowest BCUT2D eigenvalue weighted by atomic mass is 9.98. The van der Waals surface area contributed by atoms with Gasteiger partial charge >= 0.3 is 0 Å². The molecule has 1 aromatic rings. The Hall–Kier alpha value is -1.36. The van der Waals surface area contributed by atoms with Crippen molar-refractivity contribution in [3.63, 3.8) is 0 Å². The van der Waals surface area contributed by atoms with Crippen molar-refractivity contribution in [2.75, 3.05) is 0 Å². The summed E-state index contributed by atoms with van der Waals surface area (Å²) in [5, 5.41) is 3.71. The molecule has 2 aliphatic heterocycles. The van der Waals surface area contributed by atoms with Gasteiger partial charge in [-0.3, -0.25) is 4.79 Å². The van der Waals surface area contributed by atoms with Crippen LogP contribution in [-0.2, 0) is 0 Å². The van der Waals surface area contributed by atoms with Gasteiger partial charge < -0.3 is 15.2 Å². The number of rotatable bonds is 1. The fourth-order valence-corrected chi connectivity index (χ4v) is 3.01. The van der Waals surface area contributed by atoms with Crippen LogP contribution in [0.3, 0.4) is 0 Å². The van der Waals surface area contributed by atoms with Crippen LogP contribution >= 0.6 is 0 Å². The molecular weight excluding hydrogens is 206 g/mol. The number of carbonyl (C=O) groups is 1. The molecule has 2 aliphatic rings. The van der Waals surface area contributed by atoms with Gasteiger partial charge in [-0.15, -0.1) is 0 Å². The van der Waals surface area contributed by atoms with Gasteiger partial charge in [-0.2, -0.15) is 0 Å². The molecule has 86 valence electrons. The number of piperidine rings is 1. The molecule has 2 unspecified atom stereocenters. The Morgan fingerprint density at radius 3 is 2.69 bits per heavy atom. The summed E-state index contributed by atoms with van der Waals surface area (Å²) in [5.74, 6) is -0.00634. The summed E-state index contributed by atoms with van der Waals surface area (Å²) in [7, 11) is 0. The Bertz CT molecular complexity index is 376. The van der Waals surface area contributed by atoms with Crippen LogP contribution in [0.25, 0.3) is 0 Å². The standard InChI is InChI=1S/C11H15N3O2/c12-7-5-8-1-2-9(6-7)14(8)11(15)10-3-4-16-13-10/h3-4,7-9H,1-2,5-6,12H2. The van der Waals surface area contributed by atoms with Crippen molar-refractivity contribution in [1.82, 2.24) is 10.1 Å². The Morgan fingerprint density at radius 2 is 2.12 bits per heavy atom. The number of hydrogen-bond acceptors (Lipinski definition) is 4. The lowest BCUT2D eigenvalue weighted by Crippen LogP contribution is -2.50. The van der Waals surface area contributed by atoms with E-state index < -0.39 is 0 Å². The first-order valence-corrected chi connectivity index (χ1v) is 5.74. The molecule has 2 N–H and O–H groups in total. The number of fused-ring (bicyclic) bond motifs is 2. The second-order valence-corrected chi connectivity index (χ2v) is 4.71. The minimum atomic E-state index is -0.00634. The summed E-state index contributed by atoms with van der Waals surface area (Å²) < 4.78 is 4.72. The highest BCUT2D eigenvalue weighted by Gasteiger charge is 2.42. The van der Waals surface area contributed by atoms with Crippen molar-refractivity contribution in [3.8, 4) is 0 Å². The summed E-state index contributed by atoms with van der Waals surface area (Å²) in [4.78, 5) is 14.2. The lowest BCUT2D eigenvalue weighted by Gasteiger charge is -2.37. The SMILES string of the molecule is NC1CC2CCC(C1)N2C(=O)c1ccon1. The minimum Gasteiger partial charge on any atom is -0.364 e. The fourth-order valence-electron chi connectivity index (χ4n) is 3.01. The number of aromatic nitrogens is 1. The highest BCUT2D eigenvalue weighted by molar-refractivity contribution is 5.92. The first kappa shape index (κ1) is 9.84. The summed E-state index contributed by atoms with van der Waals surface area (Å²) in [6.45, 7) is 0. The second kappa shape index (κ2) is 3.59. The van der Waals surface area contributed by atoms with E-state index in [2.05, 4.69) is 5.16 Å². The van der Waals surface area contributed by atoms with Gasteiger partial charge in [-0.05, 0) is 25.7 Å². The van der Waals surface area contributed by atoms with Gasteiger partial charge in [0.15, 0.2) is 5.69 Å². The first-order chi connectivity index (χ1) is 7.75. The van der Waals surface area contributed by atoms with Gasteiger partial charge in [-0.25, -0.2) is 0 Å². The molecule has 2 fully saturated rings. The highest BCUT2D eigenvalue weighted by atomic mass is 16.5. The molecule has 16 heavy (non-hydrogen) atoms. The normalized spacial score (nSPS) is 33.1. The molecule has 0 aromatic carbocycles. The molecule has 0 radical (unpaired) electrons. The number of nitrogens with zero attached hydrogens (tertiary/aromatic N) is 2. The van der Waals surface area contributed by atoms with E-state index >= 15 is 0 Å². The molecule has 0 spiro atoms. The largest absolute Gasteiger partial charge is 0.364 e. The van der Waals surface area contributed by atoms with E-state index in [-0.39, 0.29) is 11.9 Å². The van der Waals surface area contributed by atoms with Gasteiger partial charge in [0.2, 0.25) is 0 Å². The Morgan fingerprint density at radius 1 is 1.44 bits per heavy atom. The predicted octanol–water partition coefficient (Wildman–Crippen LogP) is 0.769. The van der Waals surface area contributed by atoms with Crippen molar-refractivity contribution in [1.29, 1.82) is 0 Å². The van der Waals surface area contributed by atoms with Crippen LogP contribution < -0.4 is 5.73 Å². The minimum absolute atomic E-state index is 0.00634. The van der Waals surface area contributed by atoms with Crippen LogP contribution in [-0.4, -0.2) is 34.1 Å². The van der Waals surface area contributed by atoms with Crippen molar-refractivity contribution >= 4 is 5.91 Å². The average Bonchev–Trinajstić information content (AvgIpc) is 2.85. The lowest BCUT2D eigenvalue weighted by molar-refractivity contribution is 0.0564. The van der Waals surface area contributed by atoms with Crippen molar-refractivity contribution in [3.05, 3.63) is 18.0 Å². The zero-order valence-corrected chi connectivity index (χ0v) is 9.00. The third-order valence-electron chi connectivity index (χ3n) is 3.66. The van der Waals surface area contributed by atoms with E-state index in [9.17, 15) is 4.79 Å². The smallest absolute Gasteiger partial charge is 0.276 e. The molecule has 5 nitrogen and oxygen atoms in total. The monoisotopic (exact) mass is 221 g/mol. The van der Waals surface area contributed by atoms with E-state index in [1.165, 1.54) is 6.26 Å². The van der Waals surface area contributed by atoms with Gasteiger partial charge in [0, 0.05) is 24.2 Å². The van der Waals surface area contributed by atoms with Crippen LogP contribution in [0.4, 0.5) is 0 Å². The quantitative estimate of drug-likeness (QED) is 0.760. The average molecular weight is 221 g/mol. The van der Waals surface area contributed by atoms with E-state index in [0.717, 1.165) is 25.7 Å². The van der Waals surface area contributed by atoms with E-state index in [1.807, 2.05) is 4.90 Å². The van der Waals surface area contributed by atoms with Crippen LogP contribution in [0.5, 0.6) is 0 Å². The molecule has 2 saturated heterocycles. The van der Waals surface area contributed by atoms with E-state index in [4.69, 9.17) is 10.3 Å². The van der Waals surface area contributed by atoms with Crippen LogP contribution in [0.1, 0.15) is 36.2 Å². The summed E-state index contributed by atoms with van der Waals surface area (Å²) in [5.41, 5.74) is 6.37. The van der Waals surface area contributed by atoms with Crippen LogP contribution in [0.2, 0.25) is 0 Å². The first-order valence-electron chi connectivity index (χ1n) is 5.74. The number of nitrogens with two attached hydrogens (primary N) is 1. The topological polar surface area (TPSA) is 72.4 Å². The zero-order valence-electron chi connectivity index (χ0n) is 9.00. The maximum Gasteiger partial charge on any atom is 0.276 e. The third-order valence-corrected chi connectivity index (χ3v) is 3.66.